The summed E-state index contributed by atoms with van der Waals surface area (Å²) >= 11 is 0. The van der Waals surface area contributed by atoms with Gasteiger partial charge >= 0.3 is 0 Å². The van der Waals surface area contributed by atoms with Gasteiger partial charge in [-0.3, -0.25) is 14.9 Å². The number of halogens is 2. The van der Waals surface area contributed by atoms with Crippen LogP contribution in [0.25, 0.3) is 0 Å². The highest BCUT2D eigenvalue weighted by atomic mass is 19.3. The molecule has 1 aromatic rings. The number of nitro benzene ring substituents is 1. The second kappa shape index (κ2) is 6.27. The predicted octanol–water partition coefficient (Wildman–Crippen LogP) is 2.42. The van der Waals surface area contributed by atoms with E-state index in [2.05, 4.69) is 5.32 Å². The average molecular weight is 287 g/mol. The molecule has 0 spiro atoms. The summed E-state index contributed by atoms with van der Waals surface area (Å²) in [5.41, 5.74) is -0.914. The lowest BCUT2D eigenvalue weighted by Gasteiger charge is -2.20. The number of hydrogen-bond acceptors (Lipinski definition) is 4. The Labute approximate surface area is 114 Å². The number of carbonyl (C=O) groups is 1. The summed E-state index contributed by atoms with van der Waals surface area (Å²) in [7, 11) is 3.09. The summed E-state index contributed by atoms with van der Waals surface area (Å²) in [6.45, 7) is 1.53. The molecule has 0 radical (unpaired) electrons. The number of alkyl halides is 2. The molecule has 0 aliphatic heterocycles. The van der Waals surface area contributed by atoms with Crippen molar-refractivity contribution in [2.45, 2.75) is 19.4 Å². The van der Waals surface area contributed by atoms with E-state index in [9.17, 15) is 23.7 Å². The molecule has 0 fully saturated rings. The van der Waals surface area contributed by atoms with Crippen LogP contribution in [0.4, 0.5) is 20.2 Å². The number of rotatable bonds is 5. The van der Waals surface area contributed by atoms with Gasteiger partial charge in [-0.25, -0.2) is 8.78 Å². The number of non-ortho nitro benzene ring substituents is 1. The van der Waals surface area contributed by atoms with Crippen molar-refractivity contribution in [1.82, 2.24) is 4.90 Å². The van der Waals surface area contributed by atoms with Crippen molar-refractivity contribution < 1.29 is 18.5 Å². The number of nitrogens with zero attached hydrogens (tertiary/aromatic N) is 2. The molecule has 0 heterocycles. The fourth-order valence-electron chi connectivity index (χ4n) is 1.66. The monoisotopic (exact) mass is 287 g/mol. The van der Waals surface area contributed by atoms with Crippen molar-refractivity contribution in [3.63, 3.8) is 0 Å². The molecule has 1 rings (SSSR count). The van der Waals surface area contributed by atoms with E-state index in [-0.39, 0.29) is 11.6 Å². The molecule has 0 aromatic heterocycles. The molecule has 1 aromatic carbocycles. The van der Waals surface area contributed by atoms with Gasteiger partial charge in [0.1, 0.15) is 6.04 Å². The minimum Gasteiger partial charge on any atom is -0.374 e. The highest BCUT2D eigenvalue weighted by molar-refractivity contribution is 5.84. The van der Waals surface area contributed by atoms with Gasteiger partial charge in [0.2, 0.25) is 5.91 Å². The van der Waals surface area contributed by atoms with Crippen LogP contribution in [0.1, 0.15) is 18.9 Å². The first-order chi connectivity index (χ1) is 9.23. The summed E-state index contributed by atoms with van der Waals surface area (Å²) < 4.78 is 25.8. The van der Waals surface area contributed by atoms with E-state index in [1.54, 1.807) is 14.1 Å². The van der Waals surface area contributed by atoms with Gasteiger partial charge in [-0.1, -0.05) is 0 Å². The number of nitro groups is 1. The summed E-state index contributed by atoms with van der Waals surface area (Å²) in [4.78, 5) is 22.8. The average Bonchev–Trinajstić information content (AvgIpc) is 2.37. The highest BCUT2D eigenvalue weighted by Crippen LogP contribution is 2.31. The third kappa shape index (κ3) is 3.62. The summed E-state index contributed by atoms with van der Waals surface area (Å²) in [5, 5.41) is 13.2. The first-order valence-corrected chi connectivity index (χ1v) is 5.78. The van der Waals surface area contributed by atoms with Crippen molar-refractivity contribution in [2.24, 2.45) is 0 Å². The number of nitrogens with one attached hydrogen (secondary N) is 1. The fourth-order valence-corrected chi connectivity index (χ4v) is 1.66. The van der Waals surface area contributed by atoms with E-state index < -0.39 is 28.6 Å². The lowest BCUT2D eigenvalue weighted by molar-refractivity contribution is -0.385. The maximum Gasteiger partial charge on any atom is 0.270 e. The Hall–Kier alpha value is -2.25. The first-order valence-electron chi connectivity index (χ1n) is 5.78. The minimum absolute atomic E-state index is 0.00769. The predicted molar refractivity (Wildman–Crippen MR) is 69.8 cm³/mol. The SMILES string of the molecule is CC(Nc1ccc([N+](=O)[O-])cc1C(F)F)C(=O)N(C)C. The molecule has 20 heavy (non-hydrogen) atoms. The van der Waals surface area contributed by atoms with Crippen LogP contribution in [0, 0.1) is 10.1 Å². The van der Waals surface area contributed by atoms with Crippen LogP contribution in [0.3, 0.4) is 0 Å². The van der Waals surface area contributed by atoms with E-state index in [0.29, 0.717) is 0 Å². The molecule has 8 heteroatoms. The van der Waals surface area contributed by atoms with Gasteiger partial charge in [-0.2, -0.15) is 0 Å². The smallest absolute Gasteiger partial charge is 0.270 e. The Balaban J connectivity index is 3.06. The second-order valence-electron chi connectivity index (χ2n) is 4.43. The number of likely N-dealkylation sites (N-methyl/N-ethyl adjacent to an activating group) is 1. The van der Waals surface area contributed by atoms with Crippen LogP contribution in [0.2, 0.25) is 0 Å². The molecule has 1 amide bonds. The van der Waals surface area contributed by atoms with Crippen molar-refractivity contribution in [1.29, 1.82) is 0 Å². The number of amides is 1. The maximum atomic E-state index is 12.9. The normalized spacial score (nSPS) is 12.1. The molecule has 1 atom stereocenters. The molecule has 0 bridgehead atoms. The second-order valence-corrected chi connectivity index (χ2v) is 4.43. The Morgan fingerprint density at radius 1 is 1.40 bits per heavy atom. The summed E-state index contributed by atoms with van der Waals surface area (Å²) in [6.07, 6.45) is -2.88. The highest BCUT2D eigenvalue weighted by Gasteiger charge is 2.21. The molecular formula is C12H15F2N3O3. The van der Waals surface area contributed by atoms with Crippen LogP contribution in [-0.4, -0.2) is 35.9 Å². The molecule has 0 saturated carbocycles. The number of hydrogen-bond donors (Lipinski definition) is 1. The third-order valence-electron chi connectivity index (χ3n) is 2.66. The molecule has 1 N–H and O–H groups in total. The minimum atomic E-state index is -2.88. The van der Waals surface area contributed by atoms with Gasteiger partial charge in [-0.05, 0) is 13.0 Å². The van der Waals surface area contributed by atoms with Crippen LogP contribution in [0.15, 0.2) is 18.2 Å². The van der Waals surface area contributed by atoms with Gasteiger partial charge < -0.3 is 10.2 Å². The van der Waals surface area contributed by atoms with E-state index in [4.69, 9.17) is 0 Å². The van der Waals surface area contributed by atoms with Crippen LogP contribution in [0.5, 0.6) is 0 Å². The van der Waals surface area contributed by atoms with E-state index in [1.165, 1.54) is 17.9 Å². The summed E-state index contributed by atoms with van der Waals surface area (Å²) in [5.74, 6) is -0.288. The first kappa shape index (κ1) is 15.8. The van der Waals surface area contributed by atoms with Crippen molar-refractivity contribution >= 4 is 17.3 Å². The number of anilines is 1. The van der Waals surface area contributed by atoms with Gasteiger partial charge in [0.25, 0.3) is 12.1 Å². The van der Waals surface area contributed by atoms with Crippen LogP contribution < -0.4 is 5.32 Å². The van der Waals surface area contributed by atoms with Crippen molar-refractivity contribution in [2.75, 3.05) is 19.4 Å². The molecular weight excluding hydrogens is 272 g/mol. The largest absolute Gasteiger partial charge is 0.374 e. The zero-order chi connectivity index (χ0) is 15.4. The van der Waals surface area contributed by atoms with E-state index >= 15 is 0 Å². The molecule has 6 nitrogen and oxygen atoms in total. The lowest BCUT2D eigenvalue weighted by Crippen LogP contribution is -2.36. The van der Waals surface area contributed by atoms with Crippen molar-refractivity contribution in [3.05, 3.63) is 33.9 Å². The molecule has 0 aliphatic rings. The molecule has 0 saturated heterocycles. The quantitative estimate of drug-likeness (QED) is 0.666. The fraction of sp³-hybridized carbons (Fsp3) is 0.417. The Morgan fingerprint density at radius 2 is 2.00 bits per heavy atom. The third-order valence-corrected chi connectivity index (χ3v) is 2.66. The molecule has 0 aliphatic carbocycles. The maximum absolute atomic E-state index is 12.9. The molecule has 1 unspecified atom stereocenters. The standard InChI is InChI=1S/C12H15F2N3O3/c1-7(12(18)16(2)3)15-10-5-4-8(17(19)20)6-9(10)11(13)14/h4-7,11,15H,1-3H3. The van der Waals surface area contributed by atoms with Crippen LogP contribution in [-0.2, 0) is 4.79 Å². The number of benzene rings is 1. The van der Waals surface area contributed by atoms with E-state index in [0.717, 1.165) is 12.1 Å². The van der Waals surface area contributed by atoms with Crippen LogP contribution >= 0.6 is 0 Å². The van der Waals surface area contributed by atoms with Gasteiger partial charge in [0, 0.05) is 37.5 Å². The Morgan fingerprint density at radius 3 is 2.45 bits per heavy atom. The van der Waals surface area contributed by atoms with Gasteiger partial charge in [0.05, 0.1) is 4.92 Å². The Kier molecular flexibility index (Phi) is 4.95. The Bertz CT molecular complexity index is 521. The van der Waals surface area contributed by atoms with Crippen molar-refractivity contribution in [3.8, 4) is 0 Å². The molecule has 110 valence electrons. The zero-order valence-corrected chi connectivity index (χ0v) is 11.3. The van der Waals surface area contributed by atoms with Gasteiger partial charge in [-0.15, -0.1) is 0 Å². The number of carbonyl (C=O) groups excluding carboxylic acids is 1. The zero-order valence-electron chi connectivity index (χ0n) is 11.3. The topological polar surface area (TPSA) is 75.5 Å². The summed E-state index contributed by atoms with van der Waals surface area (Å²) in [6, 6.07) is 2.38. The van der Waals surface area contributed by atoms with Gasteiger partial charge in [0.15, 0.2) is 0 Å². The van der Waals surface area contributed by atoms with E-state index in [1.807, 2.05) is 0 Å². The lowest BCUT2D eigenvalue weighted by atomic mass is 10.1.